The quantitative estimate of drug-likeness (QED) is 0.637. The molecule has 0 saturated carbocycles. The zero-order valence-electron chi connectivity index (χ0n) is 8.33. The van der Waals surface area contributed by atoms with E-state index in [2.05, 4.69) is 0 Å². The van der Waals surface area contributed by atoms with Crippen molar-refractivity contribution in [2.24, 2.45) is 0 Å². The van der Waals surface area contributed by atoms with Crippen LogP contribution in [0.1, 0.15) is 27.2 Å². The van der Waals surface area contributed by atoms with Crippen LogP contribution in [0.25, 0.3) is 0 Å². The Balaban J connectivity index is 0. The van der Waals surface area contributed by atoms with E-state index in [0.717, 1.165) is 0 Å². The molecule has 0 amide bonds. The van der Waals surface area contributed by atoms with Crippen molar-refractivity contribution in [3.63, 3.8) is 0 Å². The van der Waals surface area contributed by atoms with Crippen LogP contribution in [-0.4, -0.2) is 34.9 Å². The maximum atomic E-state index is 9.43. The molecular weight excluding hydrogens is 176 g/mol. The van der Waals surface area contributed by atoms with Crippen molar-refractivity contribution in [2.45, 2.75) is 32.8 Å². The molecule has 0 aliphatic heterocycles. The lowest BCUT2D eigenvalue weighted by molar-refractivity contribution is -0.147. The van der Waals surface area contributed by atoms with Crippen LogP contribution in [-0.2, 0) is 14.3 Å². The van der Waals surface area contributed by atoms with Gasteiger partial charge in [-0.05, 0) is 20.8 Å². The Morgan fingerprint density at radius 2 is 1.38 bits per heavy atom. The molecule has 5 nitrogen and oxygen atoms in total. The van der Waals surface area contributed by atoms with Gasteiger partial charge in [-0.3, -0.25) is 9.59 Å². The SMILES string of the molecule is COC(C)(C)C.O=C(O)CC(=O)O. The summed E-state index contributed by atoms with van der Waals surface area (Å²) in [4.78, 5) is 18.9. The van der Waals surface area contributed by atoms with E-state index >= 15 is 0 Å². The number of hydrogen-bond acceptors (Lipinski definition) is 3. The fraction of sp³-hybridized carbons (Fsp3) is 0.750. The molecule has 5 heteroatoms. The van der Waals surface area contributed by atoms with Gasteiger partial charge >= 0.3 is 11.9 Å². The average Bonchev–Trinajstić information content (AvgIpc) is 1.84. The molecule has 0 aliphatic rings. The molecule has 0 spiro atoms. The van der Waals surface area contributed by atoms with Crippen LogP contribution in [0.2, 0.25) is 0 Å². The Morgan fingerprint density at radius 3 is 1.38 bits per heavy atom. The number of hydrogen-bond donors (Lipinski definition) is 2. The minimum absolute atomic E-state index is 0.0417. The third-order valence-electron chi connectivity index (χ3n) is 0.915. The maximum Gasteiger partial charge on any atom is 0.314 e. The van der Waals surface area contributed by atoms with Crippen LogP contribution in [0.15, 0.2) is 0 Å². The molecule has 0 radical (unpaired) electrons. The van der Waals surface area contributed by atoms with Crippen molar-refractivity contribution < 1.29 is 24.5 Å². The second kappa shape index (κ2) is 6.42. The number of aliphatic carboxylic acids is 2. The summed E-state index contributed by atoms with van der Waals surface area (Å²) in [7, 11) is 1.71. The zero-order valence-corrected chi connectivity index (χ0v) is 8.33. The van der Waals surface area contributed by atoms with Gasteiger partial charge in [-0.25, -0.2) is 0 Å². The van der Waals surface area contributed by atoms with Gasteiger partial charge < -0.3 is 14.9 Å². The molecule has 0 heterocycles. The molecule has 0 saturated heterocycles. The average molecular weight is 192 g/mol. The second-order valence-corrected chi connectivity index (χ2v) is 3.28. The highest BCUT2D eigenvalue weighted by Crippen LogP contribution is 2.02. The van der Waals surface area contributed by atoms with Crippen LogP contribution in [0.5, 0.6) is 0 Å². The molecule has 13 heavy (non-hydrogen) atoms. The van der Waals surface area contributed by atoms with Crippen LogP contribution in [0.3, 0.4) is 0 Å². The van der Waals surface area contributed by atoms with E-state index in [1.54, 1.807) is 7.11 Å². The standard InChI is InChI=1S/C5H12O.C3H4O4/c1-5(2,3)6-4;4-2(5)1-3(6)7/h1-4H3;1H2,(H,4,5)(H,6,7). The molecule has 0 fully saturated rings. The summed E-state index contributed by atoms with van der Waals surface area (Å²) < 4.78 is 4.94. The normalized spacial score (nSPS) is 9.85. The highest BCUT2D eigenvalue weighted by molar-refractivity contribution is 5.88. The lowest BCUT2D eigenvalue weighted by Gasteiger charge is -2.14. The lowest BCUT2D eigenvalue weighted by Crippen LogP contribution is -2.15. The summed E-state index contributed by atoms with van der Waals surface area (Å²) >= 11 is 0. The van der Waals surface area contributed by atoms with Crippen molar-refractivity contribution in [1.82, 2.24) is 0 Å². The summed E-state index contributed by atoms with van der Waals surface area (Å²) in [6.07, 6.45) is -0.806. The zero-order chi connectivity index (χ0) is 11.1. The number of methoxy groups -OCH3 is 1. The molecule has 2 N–H and O–H groups in total. The summed E-state index contributed by atoms with van der Waals surface area (Å²) in [5.74, 6) is -2.62. The van der Waals surface area contributed by atoms with E-state index in [1.807, 2.05) is 20.8 Å². The molecular formula is C8H16O5. The number of carboxylic acids is 2. The second-order valence-electron chi connectivity index (χ2n) is 3.28. The van der Waals surface area contributed by atoms with Gasteiger partial charge in [0, 0.05) is 7.11 Å². The maximum absolute atomic E-state index is 9.43. The van der Waals surface area contributed by atoms with Crippen molar-refractivity contribution in [1.29, 1.82) is 0 Å². The molecule has 0 unspecified atom stereocenters. The first kappa shape index (κ1) is 14.4. The molecule has 0 aromatic rings. The number of ether oxygens (including phenoxy) is 1. The third-order valence-corrected chi connectivity index (χ3v) is 0.915. The number of carbonyl (C=O) groups is 2. The van der Waals surface area contributed by atoms with Gasteiger partial charge in [-0.1, -0.05) is 0 Å². The first-order chi connectivity index (χ1) is 5.69. The summed E-state index contributed by atoms with van der Waals surface area (Å²) in [6, 6.07) is 0. The number of rotatable bonds is 2. The first-order valence-corrected chi connectivity index (χ1v) is 3.67. The molecule has 78 valence electrons. The van der Waals surface area contributed by atoms with Crippen molar-refractivity contribution >= 4 is 11.9 Å². The van der Waals surface area contributed by atoms with Gasteiger partial charge in [0.15, 0.2) is 0 Å². The van der Waals surface area contributed by atoms with E-state index in [9.17, 15) is 9.59 Å². The van der Waals surface area contributed by atoms with Gasteiger partial charge in [0.1, 0.15) is 6.42 Å². The lowest BCUT2D eigenvalue weighted by atomic mass is 10.2. The highest BCUT2D eigenvalue weighted by atomic mass is 16.5. The van der Waals surface area contributed by atoms with Crippen LogP contribution >= 0.6 is 0 Å². The Hall–Kier alpha value is -1.10. The van der Waals surface area contributed by atoms with Crippen LogP contribution < -0.4 is 0 Å². The fourth-order valence-corrected chi connectivity index (χ4v) is 0.129. The smallest absolute Gasteiger partial charge is 0.314 e. The van der Waals surface area contributed by atoms with Crippen molar-refractivity contribution in [2.75, 3.05) is 7.11 Å². The molecule has 0 bridgehead atoms. The number of carboxylic acid groups (broad SMARTS) is 2. The van der Waals surface area contributed by atoms with E-state index in [1.165, 1.54) is 0 Å². The minimum Gasteiger partial charge on any atom is -0.481 e. The van der Waals surface area contributed by atoms with E-state index in [4.69, 9.17) is 14.9 Å². The van der Waals surface area contributed by atoms with E-state index in [0.29, 0.717) is 0 Å². The summed E-state index contributed by atoms with van der Waals surface area (Å²) in [5.41, 5.74) is 0.0417. The Bertz CT molecular complexity index is 156. The van der Waals surface area contributed by atoms with Gasteiger partial charge in [0.25, 0.3) is 0 Å². The third kappa shape index (κ3) is 24.8. The van der Waals surface area contributed by atoms with Crippen molar-refractivity contribution in [3.05, 3.63) is 0 Å². The highest BCUT2D eigenvalue weighted by Gasteiger charge is 2.04. The van der Waals surface area contributed by atoms with Crippen molar-refractivity contribution in [3.8, 4) is 0 Å². The largest absolute Gasteiger partial charge is 0.481 e. The predicted molar refractivity (Wildman–Crippen MR) is 46.7 cm³/mol. The summed E-state index contributed by atoms with van der Waals surface area (Å²) in [6.45, 7) is 6.06. The van der Waals surface area contributed by atoms with E-state index < -0.39 is 18.4 Å². The molecule has 0 aromatic carbocycles. The summed E-state index contributed by atoms with van der Waals surface area (Å²) in [5, 5.41) is 15.4. The Kier molecular flexibility index (Phi) is 7.12. The Morgan fingerprint density at radius 1 is 1.15 bits per heavy atom. The van der Waals surface area contributed by atoms with Gasteiger partial charge in [-0.2, -0.15) is 0 Å². The van der Waals surface area contributed by atoms with Crippen LogP contribution in [0, 0.1) is 0 Å². The molecule has 0 aliphatic carbocycles. The Labute approximate surface area is 77.3 Å². The fourth-order valence-electron chi connectivity index (χ4n) is 0.129. The van der Waals surface area contributed by atoms with Gasteiger partial charge in [0.05, 0.1) is 5.60 Å². The topological polar surface area (TPSA) is 83.8 Å². The predicted octanol–water partition coefficient (Wildman–Crippen LogP) is 0.977. The molecule has 0 aromatic heterocycles. The van der Waals surface area contributed by atoms with E-state index in [-0.39, 0.29) is 5.60 Å². The molecule has 0 atom stereocenters. The van der Waals surface area contributed by atoms with Gasteiger partial charge in [-0.15, -0.1) is 0 Å². The monoisotopic (exact) mass is 192 g/mol. The van der Waals surface area contributed by atoms with Crippen LogP contribution in [0.4, 0.5) is 0 Å². The first-order valence-electron chi connectivity index (χ1n) is 3.67. The van der Waals surface area contributed by atoms with Gasteiger partial charge in [0.2, 0.25) is 0 Å². The molecule has 0 rings (SSSR count). The minimum atomic E-state index is -1.31.